The number of benzene rings is 1. The first-order valence-electron chi connectivity index (χ1n) is 13.2. The number of anilines is 2. The van der Waals surface area contributed by atoms with Gasteiger partial charge in [0.05, 0.1) is 31.0 Å². The molecule has 39 heavy (non-hydrogen) atoms. The number of ether oxygens (including phenoxy) is 2. The number of pyridine rings is 1. The van der Waals surface area contributed by atoms with Gasteiger partial charge in [0.2, 0.25) is 5.91 Å². The largest absolute Gasteiger partial charge is 0.488 e. The van der Waals surface area contributed by atoms with Crippen LogP contribution in [0.5, 0.6) is 11.6 Å². The minimum absolute atomic E-state index is 0.0830. The highest BCUT2D eigenvalue weighted by Gasteiger charge is 2.29. The van der Waals surface area contributed by atoms with E-state index < -0.39 is 11.4 Å². The fourth-order valence-corrected chi connectivity index (χ4v) is 4.37. The lowest BCUT2D eigenvalue weighted by Gasteiger charge is -2.33. The van der Waals surface area contributed by atoms with Gasteiger partial charge < -0.3 is 24.8 Å². The highest BCUT2D eigenvalue weighted by Crippen LogP contribution is 2.28. The number of aliphatic carboxylic acids is 1. The normalized spacial score (nSPS) is 15.5. The van der Waals surface area contributed by atoms with Gasteiger partial charge in [0.25, 0.3) is 5.88 Å². The second-order valence-electron chi connectivity index (χ2n) is 10.0. The van der Waals surface area contributed by atoms with Crippen LogP contribution in [0.4, 0.5) is 11.6 Å². The molecule has 1 saturated heterocycles. The van der Waals surface area contributed by atoms with E-state index in [0.717, 1.165) is 30.5 Å². The molecule has 1 atom stereocenters. The molecule has 0 unspecified atom stereocenters. The first-order valence-corrected chi connectivity index (χ1v) is 13.2. The van der Waals surface area contributed by atoms with Gasteiger partial charge in [-0.3, -0.25) is 14.6 Å². The van der Waals surface area contributed by atoms with Crippen LogP contribution in [0.15, 0.2) is 55.0 Å². The number of aromatic nitrogens is 3. The summed E-state index contributed by atoms with van der Waals surface area (Å²) >= 11 is 0. The maximum absolute atomic E-state index is 12.6. The Morgan fingerprint density at radius 2 is 1.97 bits per heavy atom. The fourth-order valence-electron chi connectivity index (χ4n) is 4.37. The van der Waals surface area contributed by atoms with Crippen LogP contribution in [0.1, 0.15) is 51.2 Å². The van der Waals surface area contributed by atoms with E-state index in [-0.39, 0.29) is 18.4 Å². The second-order valence-corrected chi connectivity index (χ2v) is 10.0. The number of nitrogens with zero attached hydrogens (tertiary/aromatic N) is 4. The molecule has 0 saturated carbocycles. The van der Waals surface area contributed by atoms with Crippen LogP contribution in [0.2, 0.25) is 0 Å². The average Bonchev–Trinajstić information content (AvgIpc) is 2.93. The van der Waals surface area contributed by atoms with Gasteiger partial charge in [-0.05, 0) is 63.3 Å². The first-order chi connectivity index (χ1) is 18.8. The Morgan fingerprint density at radius 1 is 1.18 bits per heavy atom. The zero-order valence-corrected chi connectivity index (χ0v) is 22.6. The lowest BCUT2D eigenvalue weighted by molar-refractivity contribution is -0.142. The zero-order valence-electron chi connectivity index (χ0n) is 22.6. The van der Waals surface area contributed by atoms with E-state index >= 15 is 0 Å². The zero-order chi connectivity index (χ0) is 27.8. The third-order valence-corrected chi connectivity index (χ3v) is 6.76. The van der Waals surface area contributed by atoms with Crippen LogP contribution < -0.4 is 19.7 Å². The lowest BCUT2D eigenvalue weighted by atomic mass is 9.84. The van der Waals surface area contributed by atoms with Gasteiger partial charge in [-0.2, -0.15) is 0 Å². The van der Waals surface area contributed by atoms with Gasteiger partial charge in [-0.15, -0.1) is 0 Å². The Kier molecular flexibility index (Phi) is 8.96. The van der Waals surface area contributed by atoms with Crippen molar-refractivity contribution in [3.63, 3.8) is 0 Å². The van der Waals surface area contributed by atoms with Crippen LogP contribution in [0.25, 0.3) is 0 Å². The molecule has 3 aromatic rings. The van der Waals surface area contributed by atoms with E-state index in [2.05, 4.69) is 25.2 Å². The number of carboxylic acids is 1. The number of amides is 1. The van der Waals surface area contributed by atoms with Gasteiger partial charge >= 0.3 is 5.97 Å². The van der Waals surface area contributed by atoms with Crippen molar-refractivity contribution in [1.29, 1.82) is 0 Å². The molecule has 0 radical (unpaired) electrons. The Balaban J connectivity index is 1.32. The van der Waals surface area contributed by atoms with Crippen LogP contribution >= 0.6 is 0 Å². The van der Waals surface area contributed by atoms with Crippen molar-refractivity contribution < 1.29 is 24.2 Å². The topological polar surface area (TPSA) is 127 Å². The summed E-state index contributed by atoms with van der Waals surface area (Å²) < 4.78 is 11.8. The molecule has 4 rings (SSSR count). The molecule has 1 fully saturated rings. The van der Waals surface area contributed by atoms with E-state index in [9.17, 15) is 14.7 Å². The van der Waals surface area contributed by atoms with E-state index in [1.807, 2.05) is 31.2 Å². The summed E-state index contributed by atoms with van der Waals surface area (Å²) in [4.78, 5) is 39.4. The smallest absolute Gasteiger partial charge is 0.313 e. The molecule has 2 aromatic heterocycles. The van der Waals surface area contributed by atoms with Crippen LogP contribution in [-0.2, 0) is 21.4 Å². The van der Waals surface area contributed by atoms with E-state index in [1.54, 1.807) is 38.4 Å². The quantitative estimate of drug-likeness (QED) is 0.372. The number of hydrogen-bond donors (Lipinski definition) is 2. The lowest BCUT2D eigenvalue weighted by Crippen LogP contribution is -2.41. The highest BCUT2D eigenvalue weighted by molar-refractivity contribution is 5.89. The summed E-state index contributed by atoms with van der Waals surface area (Å²) in [5.41, 5.74) is 0.704. The standard InChI is InChI=1S/C29H35N5O5/c1-4-38-23-8-5-15-31-27(23)39-22-7-6-16-34(19-22)25-18-30-17-24(32-25)33-26(35)14-11-20-9-12-21(13-10-20)29(2,3)28(36)37/h5,8-10,12-13,15,17-18,22H,4,6-7,11,14,16,19H2,1-3H3,(H,36,37)(H,32,33,35)/t22-/m1/s1. The highest BCUT2D eigenvalue weighted by atomic mass is 16.5. The van der Waals surface area contributed by atoms with Gasteiger partial charge in [-0.25, -0.2) is 9.97 Å². The third-order valence-electron chi connectivity index (χ3n) is 6.76. The maximum Gasteiger partial charge on any atom is 0.313 e. The van der Waals surface area contributed by atoms with Gasteiger partial charge in [-0.1, -0.05) is 24.3 Å². The average molecular weight is 534 g/mol. The molecule has 1 amide bonds. The number of hydrogen-bond acceptors (Lipinski definition) is 8. The van der Waals surface area contributed by atoms with Crippen LogP contribution in [0.3, 0.4) is 0 Å². The minimum Gasteiger partial charge on any atom is -0.488 e. The summed E-state index contributed by atoms with van der Waals surface area (Å²) in [6, 6.07) is 11.0. The van der Waals surface area contributed by atoms with Crippen molar-refractivity contribution >= 4 is 23.5 Å². The Labute approximate surface area is 228 Å². The van der Waals surface area contributed by atoms with Gasteiger partial charge in [0.15, 0.2) is 11.6 Å². The van der Waals surface area contributed by atoms with Crippen molar-refractivity contribution in [3.8, 4) is 11.6 Å². The number of rotatable bonds is 11. The number of aryl methyl sites for hydroxylation is 1. The first kappa shape index (κ1) is 27.8. The summed E-state index contributed by atoms with van der Waals surface area (Å²) in [6.45, 7) is 7.21. The second kappa shape index (κ2) is 12.6. The summed E-state index contributed by atoms with van der Waals surface area (Å²) in [7, 11) is 0. The minimum atomic E-state index is -0.967. The molecular formula is C29H35N5O5. The Morgan fingerprint density at radius 3 is 2.72 bits per heavy atom. The molecule has 3 heterocycles. The van der Waals surface area contributed by atoms with Crippen molar-refractivity contribution in [2.24, 2.45) is 0 Å². The van der Waals surface area contributed by atoms with Crippen molar-refractivity contribution in [3.05, 3.63) is 66.1 Å². The Bertz CT molecular complexity index is 1280. The molecule has 1 aromatic carbocycles. The predicted molar refractivity (Wildman–Crippen MR) is 147 cm³/mol. The number of carbonyl (C=O) groups is 2. The number of nitrogens with one attached hydrogen (secondary N) is 1. The summed E-state index contributed by atoms with van der Waals surface area (Å²) in [6.07, 6.45) is 7.41. The molecule has 10 nitrogen and oxygen atoms in total. The van der Waals surface area contributed by atoms with Crippen molar-refractivity contribution in [2.45, 2.75) is 58.0 Å². The summed E-state index contributed by atoms with van der Waals surface area (Å²) in [5.74, 6) is 1.12. The van der Waals surface area contributed by atoms with E-state index in [1.165, 1.54) is 6.20 Å². The molecule has 0 spiro atoms. The maximum atomic E-state index is 12.6. The van der Waals surface area contributed by atoms with Crippen LogP contribution in [0, 0.1) is 0 Å². The molecule has 0 aliphatic carbocycles. The van der Waals surface area contributed by atoms with Crippen molar-refractivity contribution in [1.82, 2.24) is 15.0 Å². The van der Waals surface area contributed by atoms with Gasteiger partial charge in [0, 0.05) is 19.2 Å². The predicted octanol–water partition coefficient (Wildman–Crippen LogP) is 4.25. The third kappa shape index (κ3) is 7.22. The number of carbonyl (C=O) groups excluding carboxylic acids is 1. The monoisotopic (exact) mass is 533 g/mol. The molecule has 2 N–H and O–H groups in total. The molecule has 10 heteroatoms. The molecule has 1 aliphatic heterocycles. The van der Waals surface area contributed by atoms with Gasteiger partial charge in [0.1, 0.15) is 11.9 Å². The molecule has 206 valence electrons. The molecule has 0 bridgehead atoms. The van der Waals surface area contributed by atoms with Crippen LogP contribution in [-0.4, -0.2) is 57.7 Å². The number of piperidine rings is 1. The molecular weight excluding hydrogens is 498 g/mol. The van der Waals surface area contributed by atoms with E-state index in [4.69, 9.17) is 9.47 Å². The summed E-state index contributed by atoms with van der Waals surface area (Å²) in [5, 5.41) is 12.2. The van der Waals surface area contributed by atoms with E-state index in [0.29, 0.717) is 42.8 Å². The fraction of sp³-hybridized carbons (Fsp3) is 0.414. The number of carboxylic acid groups (broad SMARTS) is 1. The Hall–Kier alpha value is -4.21. The molecule has 1 aliphatic rings. The SMILES string of the molecule is CCOc1cccnc1O[C@@H]1CCCN(c2cncc(NC(=O)CCc3ccc(C(C)(C)C(=O)O)cc3)n2)C1. The van der Waals surface area contributed by atoms with Crippen molar-refractivity contribution in [2.75, 3.05) is 29.9 Å².